The summed E-state index contributed by atoms with van der Waals surface area (Å²) < 4.78 is 3.41. The summed E-state index contributed by atoms with van der Waals surface area (Å²) in [6, 6.07) is 16.7. The van der Waals surface area contributed by atoms with Crippen molar-refractivity contribution in [2.45, 2.75) is 13.0 Å². The fourth-order valence-corrected chi connectivity index (χ4v) is 6.83. The van der Waals surface area contributed by atoms with Crippen LogP contribution >= 0.6 is 22.6 Å². The summed E-state index contributed by atoms with van der Waals surface area (Å²) in [5.74, 6) is 0.978. The molecule has 1 aliphatic heterocycles. The standard InChI is InChI=1S/C27H22IN3O2/c28-17-7-5-15(6-8-17)13-30-14-16(18-3-1-2-4-23(18)30)12-29-31-26(32)24-19-9-10-20(22-11-21(19)22)25(24)27(31)33/h1-10,12,14,19-22,24-25H,11,13H2/b29-12-/t19-,20-,21-,22-,24-,25+/m0/s1. The molecule has 164 valence electrons. The van der Waals surface area contributed by atoms with Crippen LogP contribution in [0, 0.1) is 39.1 Å². The summed E-state index contributed by atoms with van der Waals surface area (Å²) in [5, 5.41) is 6.69. The summed E-state index contributed by atoms with van der Waals surface area (Å²) in [7, 11) is 0. The number of hydrogen-bond acceptors (Lipinski definition) is 3. The van der Waals surface area contributed by atoms with Gasteiger partial charge in [0.15, 0.2) is 0 Å². The Morgan fingerprint density at radius 3 is 2.30 bits per heavy atom. The molecule has 1 aromatic heterocycles. The zero-order valence-corrected chi connectivity index (χ0v) is 20.0. The molecule has 1 saturated heterocycles. The van der Waals surface area contributed by atoms with E-state index in [4.69, 9.17) is 0 Å². The smallest absolute Gasteiger partial charge is 0.254 e. The SMILES string of the molecule is O=C1[C@@H]2[C@H]3C=C[C@@H]([C@@H]4C[C@@H]34)[C@@H]2C(=O)N1/N=C\c1cn(Cc2ccc(I)cc2)c2ccccc12. The number of amides is 2. The predicted octanol–water partition coefficient (Wildman–Crippen LogP) is 4.68. The zero-order chi connectivity index (χ0) is 22.3. The van der Waals surface area contributed by atoms with E-state index in [0.717, 1.165) is 23.0 Å². The lowest BCUT2D eigenvalue weighted by Crippen LogP contribution is -2.40. The molecule has 2 amide bonds. The Labute approximate surface area is 205 Å². The zero-order valence-electron chi connectivity index (χ0n) is 17.8. The van der Waals surface area contributed by atoms with Gasteiger partial charge in [0, 0.05) is 32.8 Å². The Hall–Kier alpha value is -2.74. The number of fused-ring (bicyclic) bond motifs is 1. The molecule has 2 saturated carbocycles. The predicted molar refractivity (Wildman–Crippen MR) is 134 cm³/mol. The van der Waals surface area contributed by atoms with Crippen molar-refractivity contribution in [3.8, 4) is 0 Å². The van der Waals surface area contributed by atoms with Gasteiger partial charge in [-0.2, -0.15) is 10.1 Å². The Bertz CT molecular complexity index is 1340. The first kappa shape index (κ1) is 19.7. The minimum absolute atomic E-state index is 0.117. The first-order chi connectivity index (χ1) is 16.1. The maximum Gasteiger partial charge on any atom is 0.254 e. The second kappa shape index (κ2) is 7.13. The van der Waals surface area contributed by atoms with Gasteiger partial charge in [-0.05, 0) is 76.4 Å². The van der Waals surface area contributed by atoms with Gasteiger partial charge in [-0.1, -0.05) is 42.5 Å². The van der Waals surface area contributed by atoms with Crippen molar-refractivity contribution in [1.29, 1.82) is 0 Å². The van der Waals surface area contributed by atoms with Crippen LogP contribution in [-0.4, -0.2) is 27.6 Å². The average Bonchev–Trinajstić information content (AvgIpc) is 3.54. The highest BCUT2D eigenvalue weighted by Gasteiger charge is 2.67. The van der Waals surface area contributed by atoms with E-state index in [-0.39, 0.29) is 35.5 Å². The molecule has 5 aliphatic rings. The fraction of sp³-hybridized carbons (Fsp3) is 0.296. The molecule has 2 bridgehead atoms. The van der Waals surface area contributed by atoms with Gasteiger partial charge in [0.25, 0.3) is 11.8 Å². The Balaban J connectivity index is 1.20. The molecule has 8 rings (SSSR count). The highest BCUT2D eigenvalue weighted by Crippen LogP contribution is 2.65. The van der Waals surface area contributed by atoms with Crippen molar-refractivity contribution in [2.24, 2.45) is 40.6 Å². The number of hydrazone groups is 1. The third kappa shape index (κ3) is 2.92. The quantitative estimate of drug-likeness (QED) is 0.206. The van der Waals surface area contributed by atoms with E-state index in [1.54, 1.807) is 6.21 Å². The van der Waals surface area contributed by atoms with Gasteiger partial charge in [0.1, 0.15) is 0 Å². The lowest BCUT2D eigenvalue weighted by Gasteiger charge is -2.37. The van der Waals surface area contributed by atoms with Gasteiger partial charge in [-0.25, -0.2) is 0 Å². The Kier molecular flexibility index (Phi) is 4.26. The van der Waals surface area contributed by atoms with E-state index >= 15 is 0 Å². The van der Waals surface area contributed by atoms with Crippen LogP contribution in [0.5, 0.6) is 0 Å². The highest BCUT2D eigenvalue weighted by atomic mass is 127. The van der Waals surface area contributed by atoms with Crippen molar-refractivity contribution in [3.05, 3.63) is 81.6 Å². The minimum Gasteiger partial charge on any atom is -0.342 e. The molecule has 0 N–H and O–H groups in total. The molecule has 2 aromatic carbocycles. The number of imide groups is 1. The lowest BCUT2D eigenvalue weighted by molar-refractivity contribution is -0.140. The number of aromatic nitrogens is 1. The number of nitrogens with zero attached hydrogens (tertiary/aromatic N) is 3. The minimum atomic E-state index is -0.212. The average molecular weight is 547 g/mol. The fourth-order valence-electron chi connectivity index (χ4n) is 6.47. The molecule has 33 heavy (non-hydrogen) atoms. The molecule has 2 heterocycles. The number of carbonyl (C=O) groups excluding carboxylic acids is 2. The summed E-state index contributed by atoms with van der Waals surface area (Å²) >= 11 is 2.31. The van der Waals surface area contributed by atoms with E-state index in [2.05, 4.69) is 87.0 Å². The molecule has 3 fully saturated rings. The largest absolute Gasteiger partial charge is 0.342 e. The first-order valence-electron chi connectivity index (χ1n) is 11.5. The maximum absolute atomic E-state index is 13.2. The number of rotatable bonds is 4. The summed E-state index contributed by atoms with van der Waals surface area (Å²) in [6.45, 7) is 0.745. The molecule has 5 nitrogen and oxygen atoms in total. The molecule has 6 heteroatoms. The summed E-state index contributed by atoms with van der Waals surface area (Å²) in [4.78, 5) is 26.4. The second-order valence-electron chi connectivity index (χ2n) is 9.74. The highest BCUT2D eigenvalue weighted by molar-refractivity contribution is 14.1. The van der Waals surface area contributed by atoms with Crippen molar-refractivity contribution in [2.75, 3.05) is 0 Å². The van der Waals surface area contributed by atoms with Crippen LogP contribution in [0.25, 0.3) is 10.9 Å². The van der Waals surface area contributed by atoms with Crippen molar-refractivity contribution >= 4 is 51.5 Å². The van der Waals surface area contributed by atoms with Crippen LogP contribution in [0.1, 0.15) is 17.5 Å². The van der Waals surface area contributed by atoms with E-state index in [1.807, 2.05) is 12.1 Å². The van der Waals surface area contributed by atoms with Crippen molar-refractivity contribution in [3.63, 3.8) is 0 Å². The summed E-state index contributed by atoms with van der Waals surface area (Å²) in [5.41, 5.74) is 3.23. The van der Waals surface area contributed by atoms with E-state index in [0.29, 0.717) is 11.8 Å². The molecule has 4 aliphatic carbocycles. The first-order valence-corrected chi connectivity index (χ1v) is 12.6. The van der Waals surface area contributed by atoms with Crippen LogP contribution < -0.4 is 0 Å². The number of halogens is 1. The Morgan fingerprint density at radius 2 is 1.61 bits per heavy atom. The number of para-hydroxylation sites is 1. The third-order valence-corrected chi connectivity index (χ3v) is 8.76. The van der Waals surface area contributed by atoms with Gasteiger partial charge in [0.05, 0.1) is 18.1 Å². The molecule has 6 atom stereocenters. The molecule has 0 spiro atoms. The number of carbonyl (C=O) groups is 2. The topological polar surface area (TPSA) is 54.7 Å². The molecular formula is C27H22IN3O2. The van der Waals surface area contributed by atoms with Crippen LogP contribution in [0.4, 0.5) is 0 Å². The van der Waals surface area contributed by atoms with Gasteiger partial charge in [0.2, 0.25) is 0 Å². The van der Waals surface area contributed by atoms with Crippen molar-refractivity contribution in [1.82, 2.24) is 9.58 Å². The normalized spacial score (nSPS) is 31.6. The van der Waals surface area contributed by atoms with Gasteiger partial charge >= 0.3 is 0 Å². The van der Waals surface area contributed by atoms with E-state index < -0.39 is 0 Å². The van der Waals surface area contributed by atoms with E-state index in [9.17, 15) is 9.59 Å². The van der Waals surface area contributed by atoms with E-state index in [1.165, 1.54) is 20.6 Å². The number of hydrogen-bond donors (Lipinski definition) is 0. The third-order valence-electron chi connectivity index (χ3n) is 8.04. The van der Waals surface area contributed by atoms with Crippen LogP contribution in [0.3, 0.4) is 0 Å². The number of benzene rings is 2. The molecular weight excluding hydrogens is 525 g/mol. The van der Waals surface area contributed by atoms with Gasteiger partial charge in [-0.3, -0.25) is 9.59 Å². The van der Waals surface area contributed by atoms with Gasteiger partial charge < -0.3 is 4.57 Å². The molecule has 0 radical (unpaired) electrons. The van der Waals surface area contributed by atoms with Gasteiger partial charge in [-0.15, -0.1) is 0 Å². The lowest BCUT2D eigenvalue weighted by atomic mass is 9.63. The van der Waals surface area contributed by atoms with Crippen LogP contribution in [0.15, 0.2) is 72.0 Å². The maximum atomic E-state index is 13.2. The second-order valence-corrected chi connectivity index (χ2v) is 11.0. The Morgan fingerprint density at radius 1 is 0.939 bits per heavy atom. The monoisotopic (exact) mass is 547 g/mol. The molecule has 3 aromatic rings. The summed E-state index contributed by atoms with van der Waals surface area (Å²) in [6.07, 6.45) is 9.30. The van der Waals surface area contributed by atoms with Crippen molar-refractivity contribution < 1.29 is 9.59 Å². The van der Waals surface area contributed by atoms with Crippen LogP contribution in [-0.2, 0) is 16.1 Å². The number of allylic oxidation sites excluding steroid dienone is 2. The van der Waals surface area contributed by atoms with Crippen LogP contribution in [0.2, 0.25) is 0 Å². The molecule has 0 unspecified atom stereocenters.